The number of rotatable bonds is 12. The molecule has 2 heteroatoms. The van der Waals surface area contributed by atoms with Gasteiger partial charge in [-0.25, -0.2) is 0 Å². The molecule has 0 rings (SSSR count). The zero-order valence-electron chi connectivity index (χ0n) is 10.4. The molecule has 0 aliphatic carbocycles. The van der Waals surface area contributed by atoms with Crippen molar-refractivity contribution in [3.63, 3.8) is 0 Å². The number of alkyl halides is 2. The summed E-state index contributed by atoms with van der Waals surface area (Å²) in [6.45, 7) is 0. The monoisotopic (exact) mass is 352 g/mol. The average Bonchev–Trinajstić information content (AvgIpc) is 2.31. The molecule has 0 amide bonds. The molecule has 0 fully saturated rings. The fraction of sp³-hybridized carbons (Fsp3) is 0.857. The van der Waals surface area contributed by atoms with Gasteiger partial charge in [0.2, 0.25) is 0 Å². The third kappa shape index (κ3) is 14.7. The SMILES string of the molecule is BrCCCCCC/C=C/CCCCCCBr. The van der Waals surface area contributed by atoms with E-state index in [9.17, 15) is 0 Å². The summed E-state index contributed by atoms with van der Waals surface area (Å²) >= 11 is 6.92. The van der Waals surface area contributed by atoms with Crippen molar-refractivity contribution < 1.29 is 0 Å². The first kappa shape index (κ1) is 16.7. The molecule has 0 saturated heterocycles. The minimum absolute atomic E-state index is 1.16. The topological polar surface area (TPSA) is 0 Å². The summed E-state index contributed by atoms with van der Waals surface area (Å²) in [5.41, 5.74) is 0. The van der Waals surface area contributed by atoms with Gasteiger partial charge in [0.1, 0.15) is 0 Å². The number of halogens is 2. The van der Waals surface area contributed by atoms with Crippen molar-refractivity contribution in [1.29, 1.82) is 0 Å². The molecule has 0 saturated carbocycles. The van der Waals surface area contributed by atoms with Crippen LogP contribution >= 0.6 is 31.9 Å². The van der Waals surface area contributed by atoms with Crippen LogP contribution in [0.3, 0.4) is 0 Å². The van der Waals surface area contributed by atoms with Gasteiger partial charge in [0, 0.05) is 10.7 Å². The summed E-state index contributed by atoms with van der Waals surface area (Å²) in [6, 6.07) is 0. The molecule has 96 valence electrons. The number of hydrogen-bond acceptors (Lipinski definition) is 0. The van der Waals surface area contributed by atoms with Gasteiger partial charge in [-0.1, -0.05) is 69.7 Å². The van der Waals surface area contributed by atoms with Crippen molar-refractivity contribution >= 4 is 31.9 Å². The normalized spacial score (nSPS) is 11.4. The van der Waals surface area contributed by atoms with E-state index < -0.39 is 0 Å². The molecular formula is C14H26Br2. The molecule has 0 atom stereocenters. The maximum absolute atomic E-state index is 3.46. The summed E-state index contributed by atoms with van der Waals surface area (Å²) in [4.78, 5) is 0. The Balaban J connectivity index is 2.98. The second-order valence-electron chi connectivity index (χ2n) is 4.26. The van der Waals surface area contributed by atoms with Crippen LogP contribution in [0.4, 0.5) is 0 Å². The van der Waals surface area contributed by atoms with Gasteiger partial charge < -0.3 is 0 Å². The molecule has 0 bridgehead atoms. The Labute approximate surface area is 119 Å². The number of unbranched alkanes of at least 4 members (excludes halogenated alkanes) is 8. The number of hydrogen-bond donors (Lipinski definition) is 0. The van der Waals surface area contributed by atoms with Crippen molar-refractivity contribution in [3.05, 3.63) is 12.2 Å². The largest absolute Gasteiger partial charge is 0.0928 e. The van der Waals surface area contributed by atoms with Crippen LogP contribution in [0.2, 0.25) is 0 Å². The Bertz CT molecular complexity index is 128. The molecule has 0 spiro atoms. The predicted molar refractivity (Wildman–Crippen MR) is 82.9 cm³/mol. The first-order valence-corrected chi connectivity index (χ1v) is 8.93. The van der Waals surface area contributed by atoms with E-state index in [1.807, 2.05) is 0 Å². The zero-order valence-corrected chi connectivity index (χ0v) is 13.6. The Morgan fingerprint density at radius 2 is 0.875 bits per heavy atom. The standard InChI is InChI=1S/C14H26Br2/c15-13-11-9-7-5-3-1-2-4-6-8-10-12-14-16/h1-2H,3-14H2/b2-1+. The van der Waals surface area contributed by atoms with Gasteiger partial charge in [-0.15, -0.1) is 0 Å². The smallest absolute Gasteiger partial charge is 0.00313 e. The summed E-state index contributed by atoms with van der Waals surface area (Å²) in [6.07, 6.45) is 18.2. The molecule has 16 heavy (non-hydrogen) atoms. The maximum Gasteiger partial charge on any atom is 0.00313 e. The molecule has 0 nitrogen and oxygen atoms in total. The molecule has 0 unspecified atom stereocenters. The van der Waals surface area contributed by atoms with Crippen LogP contribution in [0, 0.1) is 0 Å². The molecule has 0 radical (unpaired) electrons. The van der Waals surface area contributed by atoms with Gasteiger partial charge in [-0.2, -0.15) is 0 Å². The van der Waals surface area contributed by atoms with Gasteiger partial charge >= 0.3 is 0 Å². The lowest BCUT2D eigenvalue weighted by atomic mass is 10.1. The lowest BCUT2D eigenvalue weighted by Crippen LogP contribution is -1.79. The highest BCUT2D eigenvalue weighted by Gasteiger charge is 1.88. The van der Waals surface area contributed by atoms with Crippen LogP contribution in [0.25, 0.3) is 0 Å². The lowest BCUT2D eigenvalue weighted by molar-refractivity contribution is 0.670. The van der Waals surface area contributed by atoms with E-state index in [1.165, 1.54) is 64.2 Å². The molecule has 0 N–H and O–H groups in total. The van der Waals surface area contributed by atoms with Gasteiger partial charge in [0.15, 0.2) is 0 Å². The average molecular weight is 354 g/mol. The third-order valence-electron chi connectivity index (χ3n) is 2.68. The molecular weight excluding hydrogens is 328 g/mol. The summed E-state index contributed by atoms with van der Waals surface area (Å²) in [7, 11) is 0. The van der Waals surface area contributed by atoms with Crippen molar-refractivity contribution in [2.24, 2.45) is 0 Å². The second-order valence-corrected chi connectivity index (χ2v) is 5.84. The zero-order chi connectivity index (χ0) is 11.9. The van der Waals surface area contributed by atoms with E-state index in [-0.39, 0.29) is 0 Å². The third-order valence-corrected chi connectivity index (χ3v) is 3.80. The quantitative estimate of drug-likeness (QED) is 0.221. The number of allylic oxidation sites excluding steroid dienone is 2. The molecule has 0 aromatic carbocycles. The summed E-state index contributed by atoms with van der Waals surface area (Å²) in [5.74, 6) is 0. The predicted octanol–water partition coefficient (Wildman–Crippen LogP) is 6.23. The Morgan fingerprint density at radius 3 is 1.25 bits per heavy atom. The summed E-state index contributed by atoms with van der Waals surface area (Å²) < 4.78 is 0. The van der Waals surface area contributed by atoms with E-state index in [4.69, 9.17) is 0 Å². The fourth-order valence-corrected chi connectivity index (χ4v) is 2.45. The van der Waals surface area contributed by atoms with Crippen LogP contribution in [0.5, 0.6) is 0 Å². The minimum Gasteiger partial charge on any atom is -0.0928 e. The Kier molecular flexibility index (Phi) is 16.4. The van der Waals surface area contributed by atoms with Crippen LogP contribution in [-0.2, 0) is 0 Å². The molecule has 0 aliphatic rings. The van der Waals surface area contributed by atoms with Crippen LogP contribution in [0.1, 0.15) is 64.2 Å². The molecule has 0 aliphatic heterocycles. The highest BCUT2D eigenvalue weighted by atomic mass is 79.9. The van der Waals surface area contributed by atoms with E-state index in [1.54, 1.807) is 0 Å². The first-order chi connectivity index (χ1) is 7.91. The van der Waals surface area contributed by atoms with Crippen LogP contribution < -0.4 is 0 Å². The van der Waals surface area contributed by atoms with Crippen molar-refractivity contribution in [2.45, 2.75) is 64.2 Å². The molecule has 0 aromatic rings. The van der Waals surface area contributed by atoms with Crippen molar-refractivity contribution in [3.8, 4) is 0 Å². The van der Waals surface area contributed by atoms with Gasteiger partial charge in [-0.3, -0.25) is 0 Å². The van der Waals surface area contributed by atoms with Crippen LogP contribution in [-0.4, -0.2) is 10.7 Å². The minimum atomic E-state index is 1.16. The fourth-order valence-electron chi connectivity index (χ4n) is 1.66. The lowest BCUT2D eigenvalue weighted by Gasteiger charge is -1.97. The van der Waals surface area contributed by atoms with E-state index >= 15 is 0 Å². The van der Waals surface area contributed by atoms with E-state index in [2.05, 4.69) is 44.0 Å². The van der Waals surface area contributed by atoms with Crippen LogP contribution in [0.15, 0.2) is 12.2 Å². The Hall–Kier alpha value is 0.700. The van der Waals surface area contributed by atoms with E-state index in [0.717, 1.165) is 10.7 Å². The molecule has 0 heterocycles. The second kappa shape index (κ2) is 15.7. The van der Waals surface area contributed by atoms with Gasteiger partial charge in [0.05, 0.1) is 0 Å². The van der Waals surface area contributed by atoms with Crippen molar-refractivity contribution in [2.75, 3.05) is 10.7 Å². The summed E-state index contributed by atoms with van der Waals surface area (Å²) in [5, 5.41) is 2.33. The highest BCUT2D eigenvalue weighted by Crippen LogP contribution is 2.07. The van der Waals surface area contributed by atoms with E-state index in [0.29, 0.717) is 0 Å². The van der Waals surface area contributed by atoms with Gasteiger partial charge in [-0.05, 0) is 38.5 Å². The van der Waals surface area contributed by atoms with Crippen molar-refractivity contribution in [1.82, 2.24) is 0 Å². The van der Waals surface area contributed by atoms with Gasteiger partial charge in [0.25, 0.3) is 0 Å². The molecule has 0 aromatic heterocycles. The Morgan fingerprint density at radius 1 is 0.500 bits per heavy atom. The first-order valence-electron chi connectivity index (χ1n) is 6.68. The maximum atomic E-state index is 3.46. The highest BCUT2D eigenvalue weighted by molar-refractivity contribution is 9.09.